The molecule has 0 amide bonds. The third-order valence-electron chi connectivity index (χ3n) is 2.26. The highest BCUT2D eigenvalue weighted by atomic mass is 16.3. The first-order valence-corrected chi connectivity index (χ1v) is 4.49. The number of hydrogen-bond donors (Lipinski definition) is 1. The van der Waals surface area contributed by atoms with E-state index < -0.39 is 5.60 Å². The summed E-state index contributed by atoms with van der Waals surface area (Å²) in [6.45, 7) is 3.49. The van der Waals surface area contributed by atoms with Crippen LogP contribution in [0.3, 0.4) is 0 Å². The zero-order valence-electron chi connectivity index (χ0n) is 8.52. The molecule has 2 aromatic heterocycles. The minimum atomic E-state index is -0.879. The van der Waals surface area contributed by atoms with Gasteiger partial charge >= 0.3 is 0 Å². The summed E-state index contributed by atoms with van der Waals surface area (Å²) in [5.41, 5.74) is 1.49. The van der Waals surface area contributed by atoms with E-state index >= 15 is 0 Å². The minimum Gasteiger partial charge on any atom is -0.386 e. The first-order chi connectivity index (χ1) is 6.50. The van der Waals surface area contributed by atoms with Crippen molar-refractivity contribution in [3.05, 3.63) is 24.2 Å². The Bertz CT molecular complexity index is 468. The van der Waals surface area contributed by atoms with Gasteiger partial charge in [0.15, 0.2) is 5.65 Å². The largest absolute Gasteiger partial charge is 0.386 e. The molecule has 0 bridgehead atoms. The Labute approximate surface area is 82.2 Å². The molecule has 0 atom stereocenters. The number of aliphatic hydroxyl groups is 1. The van der Waals surface area contributed by atoms with Crippen molar-refractivity contribution < 1.29 is 5.11 Å². The van der Waals surface area contributed by atoms with E-state index in [0.717, 1.165) is 16.7 Å². The van der Waals surface area contributed by atoms with E-state index in [-0.39, 0.29) is 0 Å². The predicted octanol–water partition coefficient (Wildman–Crippen LogP) is 1.20. The Morgan fingerprint density at radius 1 is 1.36 bits per heavy atom. The van der Waals surface area contributed by atoms with Crippen LogP contribution in [0.2, 0.25) is 0 Å². The van der Waals surface area contributed by atoms with Crippen LogP contribution in [0.15, 0.2) is 18.6 Å². The average Bonchev–Trinajstić information content (AvgIpc) is 2.46. The smallest absolute Gasteiger partial charge is 0.159 e. The molecule has 0 aliphatic rings. The zero-order chi connectivity index (χ0) is 10.3. The molecule has 0 aliphatic heterocycles. The molecule has 0 unspecified atom stereocenters. The third kappa shape index (κ3) is 1.28. The van der Waals surface area contributed by atoms with Crippen molar-refractivity contribution in [3.8, 4) is 0 Å². The maximum Gasteiger partial charge on any atom is 0.159 e. The van der Waals surface area contributed by atoms with Gasteiger partial charge in [0.25, 0.3) is 0 Å². The zero-order valence-corrected chi connectivity index (χ0v) is 8.52. The van der Waals surface area contributed by atoms with Crippen molar-refractivity contribution in [2.75, 3.05) is 0 Å². The van der Waals surface area contributed by atoms with Crippen LogP contribution in [0.1, 0.15) is 19.4 Å². The summed E-state index contributed by atoms with van der Waals surface area (Å²) in [7, 11) is 1.89. The quantitative estimate of drug-likeness (QED) is 0.736. The second-order valence-electron chi connectivity index (χ2n) is 3.95. The van der Waals surface area contributed by atoms with Crippen molar-refractivity contribution >= 4 is 11.2 Å². The van der Waals surface area contributed by atoms with Gasteiger partial charge in [-0.15, -0.1) is 0 Å². The van der Waals surface area contributed by atoms with Gasteiger partial charge in [0.1, 0.15) is 5.52 Å². The Hall–Kier alpha value is -1.42. The standard InChI is InChI=1S/C10H13N3O/c1-10(2,14)7-4-5-11-9-8(7)12-6-13(9)3/h4-6,14H,1-3H3. The maximum absolute atomic E-state index is 9.92. The van der Waals surface area contributed by atoms with Gasteiger partial charge in [-0.25, -0.2) is 9.97 Å². The average molecular weight is 191 g/mol. The van der Waals surface area contributed by atoms with Crippen molar-refractivity contribution in [2.45, 2.75) is 19.4 Å². The summed E-state index contributed by atoms with van der Waals surface area (Å²) < 4.78 is 1.84. The molecule has 2 aromatic rings. The van der Waals surface area contributed by atoms with Crippen LogP contribution in [0.25, 0.3) is 11.2 Å². The first kappa shape index (κ1) is 9.15. The van der Waals surface area contributed by atoms with E-state index in [9.17, 15) is 5.11 Å². The number of nitrogens with zero attached hydrogens (tertiary/aromatic N) is 3. The third-order valence-corrected chi connectivity index (χ3v) is 2.26. The highest BCUT2D eigenvalue weighted by molar-refractivity contribution is 5.75. The molecule has 0 fully saturated rings. The molecule has 2 rings (SSSR count). The number of pyridine rings is 1. The fourth-order valence-corrected chi connectivity index (χ4v) is 1.52. The van der Waals surface area contributed by atoms with Gasteiger partial charge < -0.3 is 9.67 Å². The molecular weight excluding hydrogens is 178 g/mol. The van der Waals surface area contributed by atoms with Gasteiger partial charge in [0.05, 0.1) is 11.9 Å². The van der Waals surface area contributed by atoms with Gasteiger partial charge in [-0.1, -0.05) is 0 Å². The first-order valence-electron chi connectivity index (χ1n) is 4.49. The van der Waals surface area contributed by atoms with Crippen LogP contribution in [-0.2, 0) is 12.6 Å². The fourth-order valence-electron chi connectivity index (χ4n) is 1.52. The van der Waals surface area contributed by atoms with Crippen LogP contribution in [0.5, 0.6) is 0 Å². The molecule has 74 valence electrons. The highest BCUT2D eigenvalue weighted by Crippen LogP contribution is 2.25. The Balaban J connectivity index is 2.79. The number of hydrogen-bond acceptors (Lipinski definition) is 3. The molecule has 2 heterocycles. The molecule has 0 aromatic carbocycles. The van der Waals surface area contributed by atoms with Gasteiger partial charge in [0.2, 0.25) is 0 Å². The number of imidazole rings is 1. The van der Waals surface area contributed by atoms with Crippen molar-refractivity contribution in [1.82, 2.24) is 14.5 Å². The maximum atomic E-state index is 9.92. The second kappa shape index (κ2) is 2.78. The van der Waals surface area contributed by atoms with Crippen LogP contribution >= 0.6 is 0 Å². The summed E-state index contributed by atoms with van der Waals surface area (Å²) in [6, 6.07) is 1.80. The van der Waals surface area contributed by atoms with Crippen molar-refractivity contribution in [2.24, 2.45) is 7.05 Å². The molecule has 4 nitrogen and oxygen atoms in total. The molecule has 0 saturated heterocycles. The topological polar surface area (TPSA) is 50.9 Å². The normalized spacial score (nSPS) is 12.3. The van der Waals surface area contributed by atoms with E-state index in [0.29, 0.717) is 0 Å². The van der Waals surface area contributed by atoms with Gasteiger partial charge in [-0.2, -0.15) is 0 Å². The molecule has 0 aliphatic carbocycles. The number of rotatable bonds is 1. The fraction of sp³-hybridized carbons (Fsp3) is 0.400. The van der Waals surface area contributed by atoms with E-state index in [1.165, 1.54) is 0 Å². The number of aryl methyl sites for hydroxylation is 1. The Kier molecular flexibility index (Phi) is 1.82. The molecule has 1 N–H and O–H groups in total. The van der Waals surface area contributed by atoms with E-state index in [1.807, 2.05) is 11.6 Å². The second-order valence-corrected chi connectivity index (χ2v) is 3.95. The lowest BCUT2D eigenvalue weighted by atomic mass is 9.99. The van der Waals surface area contributed by atoms with E-state index in [4.69, 9.17) is 0 Å². The Morgan fingerprint density at radius 3 is 2.71 bits per heavy atom. The van der Waals surface area contributed by atoms with Crippen molar-refractivity contribution in [3.63, 3.8) is 0 Å². The summed E-state index contributed by atoms with van der Waals surface area (Å²) in [5, 5.41) is 9.92. The molecule has 14 heavy (non-hydrogen) atoms. The minimum absolute atomic E-state index is 0.766. The van der Waals surface area contributed by atoms with Crippen molar-refractivity contribution in [1.29, 1.82) is 0 Å². The van der Waals surface area contributed by atoms with Gasteiger partial charge in [-0.3, -0.25) is 0 Å². The lowest BCUT2D eigenvalue weighted by Crippen LogP contribution is -2.16. The molecular formula is C10H13N3O. The summed E-state index contributed by atoms with van der Waals surface area (Å²) in [5.74, 6) is 0. The van der Waals surface area contributed by atoms with Crippen LogP contribution < -0.4 is 0 Å². The lowest BCUT2D eigenvalue weighted by Gasteiger charge is -2.17. The lowest BCUT2D eigenvalue weighted by molar-refractivity contribution is 0.0799. The summed E-state index contributed by atoms with van der Waals surface area (Å²) >= 11 is 0. The Morgan fingerprint density at radius 2 is 2.07 bits per heavy atom. The SMILES string of the molecule is Cn1cnc2c(C(C)(C)O)ccnc21. The van der Waals surface area contributed by atoms with Crippen LogP contribution in [-0.4, -0.2) is 19.6 Å². The van der Waals surface area contributed by atoms with Gasteiger partial charge in [-0.05, 0) is 19.9 Å². The summed E-state index contributed by atoms with van der Waals surface area (Å²) in [4.78, 5) is 8.43. The molecule has 0 radical (unpaired) electrons. The number of fused-ring (bicyclic) bond motifs is 1. The van der Waals surface area contributed by atoms with Crippen LogP contribution in [0.4, 0.5) is 0 Å². The van der Waals surface area contributed by atoms with Gasteiger partial charge in [0, 0.05) is 18.8 Å². The number of aromatic nitrogens is 3. The monoisotopic (exact) mass is 191 g/mol. The molecule has 4 heteroatoms. The van der Waals surface area contributed by atoms with E-state index in [2.05, 4.69) is 9.97 Å². The highest BCUT2D eigenvalue weighted by Gasteiger charge is 2.20. The van der Waals surface area contributed by atoms with Crippen LogP contribution in [0, 0.1) is 0 Å². The predicted molar refractivity (Wildman–Crippen MR) is 53.8 cm³/mol. The summed E-state index contributed by atoms with van der Waals surface area (Å²) in [6.07, 6.45) is 3.39. The molecule has 0 spiro atoms. The molecule has 0 saturated carbocycles. The van der Waals surface area contributed by atoms with E-state index in [1.54, 1.807) is 32.4 Å².